The second kappa shape index (κ2) is 5.80. The Kier molecular flexibility index (Phi) is 4.12. The summed E-state index contributed by atoms with van der Waals surface area (Å²) >= 11 is 0. The molecule has 1 heterocycles. The minimum atomic E-state index is -0.0426. The molecule has 1 aliphatic rings. The highest BCUT2D eigenvalue weighted by Gasteiger charge is 2.14. The third-order valence-electron chi connectivity index (χ3n) is 2.80. The zero-order chi connectivity index (χ0) is 12.1. The Morgan fingerprint density at radius 3 is 2.76 bits per heavy atom. The molecule has 1 aromatic rings. The van der Waals surface area contributed by atoms with Crippen molar-refractivity contribution in [1.82, 2.24) is 5.32 Å². The van der Waals surface area contributed by atoms with Gasteiger partial charge in [-0.05, 0) is 24.1 Å². The smallest absolute Gasteiger partial charge is 0.221 e. The van der Waals surface area contributed by atoms with Gasteiger partial charge in [0.15, 0.2) is 0 Å². The van der Waals surface area contributed by atoms with Crippen LogP contribution in [-0.2, 0) is 16.1 Å². The molecule has 17 heavy (non-hydrogen) atoms. The van der Waals surface area contributed by atoms with E-state index in [4.69, 9.17) is 4.74 Å². The average molecular weight is 234 g/mol. The monoisotopic (exact) mass is 234 g/mol. The molecule has 1 atom stereocenters. The standard InChI is InChI=1S/C13H18N2O2/c1-10(16)15-12-4-2-11(3-5-12)8-14-13-6-7-17-9-13/h2-5,13-14H,6-9H2,1H3,(H,15,16). The van der Waals surface area contributed by atoms with Crippen molar-refractivity contribution in [2.24, 2.45) is 0 Å². The number of ether oxygens (including phenoxy) is 1. The largest absolute Gasteiger partial charge is 0.380 e. The molecular weight excluding hydrogens is 216 g/mol. The maximum Gasteiger partial charge on any atom is 0.221 e. The van der Waals surface area contributed by atoms with Crippen LogP contribution >= 0.6 is 0 Å². The molecule has 1 fully saturated rings. The van der Waals surface area contributed by atoms with Crippen molar-refractivity contribution in [3.05, 3.63) is 29.8 Å². The van der Waals surface area contributed by atoms with Crippen molar-refractivity contribution in [2.75, 3.05) is 18.5 Å². The number of hydrogen-bond acceptors (Lipinski definition) is 3. The van der Waals surface area contributed by atoms with Crippen LogP contribution in [0.25, 0.3) is 0 Å². The lowest BCUT2D eigenvalue weighted by Crippen LogP contribution is -2.28. The first kappa shape index (κ1) is 12.1. The maximum absolute atomic E-state index is 10.9. The van der Waals surface area contributed by atoms with Gasteiger partial charge in [0.1, 0.15) is 0 Å². The molecule has 4 heteroatoms. The highest BCUT2D eigenvalue weighted by Crippen LogP contribution is 2.10. The molecule has 0 saturated carbocycles. The Labute approximate surface area is 101 Å². The molecule has 0 radical (unpaired) electrons. The highest BCUT2D eigenvalue weighted by molar-refractivity contribution is 5.88. The summed E-state index contributed by atoms with van der Waals surface area (Å²) in [6.45, 7) is 4.02. The predicted molar refractivity (Wildman–Crippen MR) is 66.8 cm³/mol. The number of benzene rings is 1. The lowest BCUT2D eigenvalue weighted by molar-refractivity contribution is -0.114. The van der Waals surface area contributed by atoms with Crippen LogP contribution in [0.15, 0.2) is 24.3 Å². The fraction of sp³-hybridized carbons (Fsp3) is 0.462. The molecule has 1 saturated heterocycles. The van der Waals surface area contributed by atoms with Crippen LogP contribution in [0.4, 0.5) is 5.69 Å². The fourth-order valence-corrected chi connectivity index (χ4v) is 1.87. The summed E-state index contributed by atoms with van der Waals surface area (Å²) in [6, 6.07) is 8.36. The third-order valence-corrected chi connectivity index (χ3v) is 2.80. The van der Waals surface area contributed by atoms with Crippen molar-refractivity contribution < 1.29 is 9.53 Å². The van der Waals surface area contributed by atoms with E-state index in [1.807, 2.05) is 24.3 Å². The number of hydrogen-bond donors (Lipinski definition) is 2. The lowest BCUT2D eigenvalue weighted by Gasteiger charge is -2.10. The number of carbonyl (C=O) groups is 1. The molecule has 1 amide bonds. The zero-order valence-electron chi connectivity index (χ0n) is 10.0. The molecule has 0 aliphatic carbocycles. The molecule has 4 nitrogen and oxygen atoms in total. The van der Waals surface area contributed by atoms with Gasteiger partial charge in [0.2, 0.25) is 5.91 Å². The van der Waals surface area contributed by atoms with Gasteiger partial charge in [0.05, 0.1) is 6.61 Å². The zero-order valence-corrected chi connectivity index (χ0v) is 10.0. The highest BCUT2D eigenvalue weighted by atomic mass is 16.5. The average Bonchev–Trinajstić information content (AvgIpc) is 2.80. The minimum absolute atomic E-state index is 0.0426. The van der Waals surface area contributed by atoms with E-state index in [9.17, 15) is 4.79 Å². The Bertz CT molecular complexity index is 370. The summed E-state index contributed by atoms with van der Waals surface area (Å²) in [6.07, 6.45) is 1.09. The molecule has 92 valence electrons. The van der Waals surface area contributed by atoms with E-state index in [0.717, 1.165) is 31.9 Å². The van der Waals surface area contributed by atoms with Crippen LogP contribution in [-0.4, -0.2) is 25.2 Å². The molecule has 1 aliphatic heterocycles. The van der Waals surface area contributed by atoms with Crippen molar-refractivity contribution in [1.29, 1.82) is 0 Å². The van der Waals surface area contributed by atoms with E-state index >= 15 is 0 Å². The van der Waals surface area contributed by atoms with E-state index < -0.39 is 0 Å². The minimum Gasteiger partial charge on any atom is -0.380 e. The van der Waals surface area contributed by atoms with Crippen LogP contribution in [0.5, 0.6) is 0 Å². The number of nitrogens with one attached hydrogen (secondary N) is 2. The molecule has 0 bridgehead atoms. The number of rotatable bonds is 4. The Balaban J connectivity index is 1.82. The Hall–Kier alpha value is -1.39. The molecule has 2 rings (SSSR count). The van der Waals surface area contributed by atoms with Crippen LogP contribution in [0.1, 0.15) is 18.9 Å². The first-order chi connectivity index (χ1) is 8.24. The lowest BCUT2D eigenvalue weighted by atomic mass is 10.2. The number of carbonyl (C=O) groups excluding carboxylic acids is 1. The van der Waals surface area contributed by atoms with Gasteiger partial charge >= 0.3 is 0 Å². The van der Waals surface area contributed by atoms with Gasteiger partial charge in [-0.3, -0.25) is 4.79 Å². The van der Waals surface area contributed by atoms with Crippen LogP contribution < -0.4 is 10.6 Å². The molecular formula is C13H18N2O2. The van der Waals surface area contributed by atoms with E-state index in [1.165, 1.54) is 12.5 Å². The van der Waals surface area contributed by atoms with Crippen molar-refractivity contribution in [2.45, 2.75) is 25.9 Å². The summed E-state index contributed by atoms with van der Waals surface area (Å²) in [4.78, 5) is 10.9. The van der Waals surface area contributed by atoms with Crippen LogP contribution in [0.2, 0.25) is 0 Å². The van der Waals surface area contributed by atoms with Gasteiger partial charge in [0.25, 0.3) is 0 Å². The van der Waals surface area contributed by atoms with E-state index in [1.54, 1.807) is 0 Å². The van der Waals surface area contributed by atoms with Gasteiger partial charge in [-0.2, -0.15) is 0 Å². The van der Waals surface area contributed by atoms with Gasteiger partial charge in [0, 0.05) is 31.8 Å². The van der Waals surface area contributed by atoms with E-state index in [0.29, 0.717) is 6.04 Å². The summed E-state index contributed by atoms with van der Waals surface area (Å²) < 4.78 is 5.30. The van der Waals surface area contributed by atoms with E-state index in [2.05, 4.69) is 10.6 Å². The van der Waals surface area contributed by atoms with Gasteiger partial charge in [-0.15, -0.1) is 0 Å². The van der Waals surface area contributed by atoms with Crippen LogP contribution in [0.3, 0.4) is 0 Å². The Morgan fingerprint density at radius 1 is 1.41 bits per heavy atom. The molecule has 2 N–H and O–H groups in total. The van der Waals surface area contributed by atoms with Crippen LogP contribution in [0, 0.1) is 0 Å². The van der Waals surface area contributed by atoms with Crippen molar-refractivity contribution in [3.63, 3.8) is 0 Å². The molecule has 1 unspecified atom stereocenters. The normalized spacial score (nSPS) is 19.2. The van der Waals surface area contributed by atoms with Crippen molar-refractivity contribution >= 4 is 11.6 Å². The van der Waals surface area contributed by atoms with Gasteiger partial charge < -0.3 is 15.4 Å². The summed E-state index contributed by atoms with van der Waals surface area (Å²) in [7, 11) is 0. The molecule has 0 aromatic heterocycles. The summed E-state index contributed by atoms with van der Waals surface area (Å²) in [5.41, 5.74) is 2.05. The Morgan fingerprint density at radius 2 is 2.18 bits per heavy atom. The van der Waals surface area contributed by atoms with E-state index in [-0.39, 0.29) is 5.91 Å². The topological polar surface area (TPSA) is 50.4 Å². The summed E-state index contributed by atoms with van der Waals surface area (Å²) in [5.74, 6) is -0.0426. The van der Waals surface area contributed by atoms with Gasteiger partial charge in [-0.25, -0.2) is 0 Å². The second-order valence-electron chi connectivity index (χ2n) is 4.32. The molecule has 1 aromatic carbocycles. The summed E-state index contributed by atoms with van der Waals surface area (Å²) in [5, 5.41) is 6.20. The van der Waals surface area contributed by atoms with Gasteiger partial charge in [-0.1, -0.05) is 12.1 Å². The molecule has 0 spiro atoms. The first-order valence-electron chi connectivity index (χ1n) is 5.92. The number of anilines is 1. The first-order valence-corrected chi connectivity index (χ1v) is 5.92. The fourth-order valence-electron chi connectivity index (χ4n) is 1.87. The predicted octanol–water partition coefficient (Wildman–Crippen LogP) is 1.52. The number of amides is 1. The SMILES string of the molecule is CC(=O)Nc1ccc(CNC2CCOC2)cc1. The quantitative estimate of drug-likeness (QED) is 0.830. The maximum atomic E-state index is 10.9. The van der Waals surface area contributed by atoms with Crippen molar-refractivity contribution in [3.8, 4) is 0 Å². The second-order valence-corrected chi connectivity index (χ2v) is 4.32. The third kappa shape index (κ3) is 3.84.